The summed E-state index contributed by atoms with van der Waals surface area (Å²) in [7, 11) is 1.63. The number of carbonyl (C=O) groups is 1. The van der Waals surface area contributed by atoms with Gasteiger partial charge in [-0.2, -0.15) is 0 Å². The van der Waals surface area contributed by atoms with Crippen LogP contribution in [-0.4, -0.2) is 28.2 Å². The smallest absolute Gasteiger partial charge is 0.240 e. The Bertz CT molecular complexity index is 695. The molecule has 122 valence electrons. The molecule has 1 aliphatic heterocycles. The number of rotatable bonds is 4. The van der Waals surface area contributed by atoms with E-state index in [0.29, 0.717) is 6.42 Å². The van der Waals surface area contributed by atoms with E-state index in [-0.39, 0.29) is 24.1 Å². The predicted octanol–water partition coefficient (Wildman–Crippen LogP) is 2.31. The van der Waals surface area contributed by atoms with E-state index in [1.54, 1.807) is 30.4 Å². The van der Waals surface area contributed by atoms with Crippen LogP contribution in [0.4, 0.5) is 0 Å². The second-order valence-electron chi connectivity index (χ2n) is 6.32. The summed E-state index contributed by atoms with van der Waals surface area (Å²) >= 11 is 0. The number of hydrogen-bond donors (Lipinski definition) is 1. The zero-order valence-electron chi connectivity index (χ0n) is 13.6. The lowest BCUT2D eigenvalue weighted by Gasteiger charge is -2.38. The number of hydrogen-bond acceptors (Lipinski definition) is 4. The topological polar surface area (TPSA) is 65.4 Å². The summed E-state index contributed by atoms with van der Waals surface area (Å²) in [6.07, 6.45) is 5.75. The van der Waals surface area contributed by atoms with Crippen molar-refractivity contribution >= 4 is 5.91 Å². The zero-order chi connectivity index (χ0) is 16.4. The van der Waals surface area contributed by atoms with E-state index < -0.39 is 0 Å². The minimum atomic E-state index is -0.339. The Labute approximate surface area is 135 Å². The van der Waals surface area contributed by atoms with Gasteiger partial charge in [0.05, 0.1) is 19.5 Å². The first-order valence-corrected chi connectivity index (χ1v) is 7.59. The minimum absolute atomic E-state index is 0.0560. The van der Waals surface area contributed by atoms with Crippen LogP contribution in [0.1, 0.15) is 31.9 Å². The molecule has 2 aromatic rings. The standard InChI is InChI=1S/C17H21N3O3/c1-17(2)9-14(19-16(21)10-20-7-6-18-11-20)13-8-12(22-3)4-5-15(13)23-17/h4-8,11,14H,9-10H2,1-3H3,(H,19,21)/t14-/m0/s1. The number of fused-ring (bicyclic) bond motifs is 1. The van der Waals surface area contributed by atoms with Gasteiger partial charge in [-0.25, -0.2) is 4.98 Å². The molecule has 3 rings (SSSR count). The van der Waals surface area contributed by atoms with E-state index in [1.165, 1.54) is 0 Å². The van der Waals surface area contributed by atoms with Crippen molar-refractivity contribution in [3.8, 4) is 11.5 Å². The molecule has 1 atom stereocenters. The van der Waals surface area contributed by atoms with Crippen LogP contribution in [0.5, 0.6) is 11.5 Å². The number of ether oxygens (including phenoxy) is 2. The summed E-state index contributed by atoms with van der Waals surface area (Å²) in [5, 5.41) is 3.10. The molecule has 0 fully saturated rings. The molecular formula is C17H21N3O3. The van der Waals surface area contributed by atoms with Crippen LogP contribution in [0.2, 0.25) is 0 Å². The van der Waals surface area contributed by atoms with Gasteiger partial charge in [0, 0.05) is 24.4 Å². The quantitative estimate of drug-likeness (QED) is 0.940. The van der Waals surface area contributed by atoms with Crippen molar-refractivity contribution in [3.05, 3.63) is 42.5 Å². The van der Waals surface area contributed by atoms with Gasteiger partial charge in [-0.1, -0.05) is 0 Å². The normalized spacial score (nSPS) is 18.7. The van der Waals surface area contributed by atoms with Crippen LogP contribution < -0.4 is 14.8 Å². The molecule has 0 saturated carbocycles. The van der Waals surface area contributed by atoms with Crippen molar-refractivity contribution in [2.45, 2.75) is 38.5 Å². The van der Waals surface area contributed by atoms with Gasteiger partial charge in [-0.15, -0.1) is 0 Å². The Kier molecular flexibility index (Phi) is 3.98. The van der Waals surface area contributed by atoms with Gasteiger partial charge in [0.25, 0.3) is 0 Å². The van der Waals surface area contributed by atoms with Gasteiger partial charge in [-0.3, -0.25) is 4.79 Å². The second kappa shape index (κ2) is 5.95. The number of carbonyl (C=O) groups excluding carboxylic acids is 1. The molecular weight excluding hydrogens is 294 g/mol. The lowest BCUT2D eigenvalue weighted by atomic mass is 9.89. The van der Waals surface area contributed by atoms with Crippen LogP contribution in [0.3, 0.4) is 0 Å². The molecule has 1 amide bonds. The Balaban J connectivity index is 1.82. The number of methoxy groups -OCH3 is 1. The summed E-state index contributed by atoms with van der Waals surface area (Å²) in [4.78, 5) is 16.3. The Morgan fingerprint density at radius 1 is 1.52 bits per heavy atom. The molecule has 0 radical (unpaired) electrons. The highest BCUT2D eigenvalue weighted by atomic mass is 16.5. The summed E-state index contributed by atoms with van der Waals surface area (Å²) < 4.78 is 13.0. The molecule has 1 aromatic heterocycles. The molecule has 0 spiro atoms. The molecule has 1 N–H and O–H groups in total. The SMILES string of the molecule is COc1ccc2c(c1)[C@@H](NC(=O)Cn1ccnc1)CC(C)(C)O2. The molecule has 1 aromatic carbocycles. The molecule has 0 aliphatic carbocycles. The fourth-order valence-electron chi connectivity index (χ4n) is 2.87. The van der Waals surface area contributed by atoms with Crippen molar-refractivity contribution in [1.29, 1.82) is 0 Å². The van der Waals surface area contributed by atoms with Crippen LogP contribution in [0.15, 0.2) is 36.9 Å². The van der Waals surface area contributed by atoms with E-state index in [0.717, 1.165) is 17.1 Å². The largest absolute Gasteiger partial charge is 0.497 e. The van der Waals surface area contributed by atoms with Crippen molar-refractivity contribution in [2.24, 2.45) is 0 Å². The zero-order valence-corrected chi connectivity index (χ0v) is 13.6. The van der Waals surface area contributed by atoms with Gasteiger partial charge in [0.2, 0.25) is 5.91 Å². The van der Waals surface area contributed by atoms with Gasteiger partial charge in [-0.05, 0) is 32.0 Å². The highest BCUT2D eigenvalue weighted by Gasteiger charge is 2.34. The van der Waals surface area contributed by atoms with E-state index in [9.17, 15) is 4.79 Å². The second-order valence-corrected chi connectivity index (χ2v) is 6.32. The maximum Gasteiger partial charge on any atom is 0.240 e. The third kappa shape index (κ3) is 3.47. The molecule has 1 aliphatic rings. The van der Waals surface area contributed by atoms with E-state index >= 15 is 0 Å². The number of aromatic nitrogens is 2. The van der Waals surface area contributed by atoms with Crippen LogP contribution >= 0.6 is 0 Å². The average Bonchev–Trinajstić information content (AvgIpc) is 2.98. The highest BCUT2D eigenvalue weighted by molar-refractivity contribution is 5.76. The summed E-state index contributed by atoms with van der Waals surface area (Å²) in [6, 6.07) is 5.57. The van der Waals surface area contributed by atoms with Crippen molar-refractivity contribution in [1.82, 2.24) is 14.9 Å². The highest BCUT2D eigenvalue weighted by Crippen LogP contribution is 2.41. The number of benzene rings is 1. The van der Waals surface area contributed by atoms with E-state index in [1.807, 2.05) is 32.0 Å². The Hall–Kier alpha value is -2.50. The number of imidazole rings is 1. The molecule has 0 saturated heterocycles. The summed E-state index contributed by atoms with van der Waals surface area (Å²) in [5.41, 5.74) is 0.608. The maximum atomic E-state index is 12.3. The van der Waals surface area contributed by atoms with Crippen molar-refractivity contribution in [2.75, 3.05) is 7.11 Å². The summed E-state index contributed by atoms with van der Waals surface area (Å²) in [5.74, 6) is 1.48. The summed E-state index contributed by atoms with van der Waals surface area (Å²) in [6.45, 7) is 4.29. The number of amides is 1. The lowest BCUT2D eigenvalue weighted by molar-refractivity contribution is -0.122. The molecule has 0 bridgehead atoms. The van der Waals surface area contributed by atoms with Crippen LogP contribution in [-0.2, 0) is 11.3 Å². The Morgan fingerprint density at radius 2 is 2.35 bits per heavy atom. The fourth-order valence-corrected chi connectivity index (χ4v) is 2.87. The van der Waals surface area contributed by atoms with Crippen LogP contribution in [0, 0.1) is 0 Å². The monoisotopic (exact) mass is 315 g/mol. The minimum Gasteiger partial charge on any atom is -0.497 e. The predicted molar refractivity (Wildman–Crippen MR) is 85.4 cm³/mol. The molecule has 6 nitrogen and oxygen atoms in total. The van der Waals surface area contributed by atoms with Gasteiger partial charge in [0.15, 0.2) is 0 Å². The van der Waals surface area contributed by atoms with E-state index in [2.05, 4.69) is 10.3 Å². The van der Waals surface area contributed by atoms with Crippen molar-refractivity contribution < 1.29 is 14.3 Å². The fraction of sp³-hybridized carbons (Fsp3) is 0.412. The van der Waals surface area contributed by atoms with Crippen LogP contribution in [0.25, 0.3) is 0 Å². The van der Waals surface area contributed by atoms with Gasteiger partial charge < -0.3 is 19.4 Å². The van der Waals surface area contributed by atoms with Gasteiger partial charge >= 0.3 is 0 Å². The third-order valence-corrected chi connectivity index (χ3v) is 3.89. The Morgan fingerprint density at radius 3 is 3.04 bits per heavy atom. The first-order chi connectivity index (χ1) is 11.0. The molecule has 0 unspecified atom stereocenters. The van der Waals surface area contributed by atoms with Gasteiger partial charge in [0.1, 0.15) is 23.6 Å². The third-order valence-electron chi connectivity index (χ3n) is 3.89. The van der Waals surface area contributed by atoms with E-state index in [4.69, 9.17) is 9.47 Å². The van der Waals surface area contributed by atoms with Crippen molar-refractivity contribution in [3.63, 3.8) is 0 Å². The lowest BCUT2D eigenvalue weighted by Crippen LogP contribution is -2.42. The molecule has 23 heavy (non-hydrogen) atoms. The number of nitrogens with zero attached hydrogens (tertiary/aromatic N) is 2. The first-order valence-electron chi connectivity index (χ1n) is 7.59. The number of nitrogens with one attached hydrogen (secondary N) is 1. The molecule has 6 heteroatoms. The maximum absolute atomic E-state index is 12.3. The molecule has 2 heterocycles. The average molecular weight is 315 g/mol. The first kappa shape index (κ1) is 15.4.